The second kappa shape index (κ2) is 5.59. The molecule has 4 nitrogen and oxygen atoms in total. The third-order valence-corrected chi connectivity index (χ3v) is 3.76. The van der Waals surface area contributed by atoms with Gasteiger partial charge in [0, 0.05) is 31.0 Å². The van der Waals surface area contributed by atoms with E-state index in [0.29, 0.717) is 0 Å². The van der Waals surface area contributed by atoms with Crippen LogP contribution >= 0.6 is 11.5 Å². The largest absolute Gasteiger partial charge is 0.360 e. The number of aromatic nitrogens is 2. The van der Waals surface area contributed by atoms with Crippen molar-refractivity contribution in [2.24, 2.45) is 5.92 Å². The van der Waals surface area contributed by atoms with Crippen LogP contribution in [-0.4, -0.2) is 40.9 Å². The summed E-state index contributed by atoms with van der Waals surface area (Å²) in [5, 5.41) is 4.38. The summed E-state index contributed by atoms with van der Waals surface area (Å²) < 4.78 is 4.27. The zero-order valence-electron chi connectivity index (χ0n) is 10.1. The molecule has 0 spiro atoms. The lowest BCUT2D eigenvalue weighted by molar-refractivity contribution is 0.217. The first-order valence-electron chi connectivity index (χ1n) is 6.03. The van der Waals surface area contributed by atoms with Gasteiger partial charge in [0.05, 0.1) is 0 Å². The number of hydrogen-bond acceptors (Lipinski definition) is 5. The maximum atomic E-state index is 4.41. The Hall–Kier alpha value is -0.680. The summed E-state index contributed by atoms with van der Waals surface area (Å²) in [5.74, 6) is 1.71. The smallest absolute Gasteiger partial charge is 0.202 e. The van der Waals surface area contributed by atoms with Gasteiger partial charge in [-0.05, 0) is 32.4 Å². The quantitative estimate of drug-likeness (QED) is 0.872. The van der Waals surface area contributed by atoms with Crippen molar-refractivity contribution >= 4 is 16.7 Å². The monoisotopic (exact) mass is 240 g/mol. The second-order valence-corrected chi connectivity index (χ2v) is 5.27. The van der Waals surface area contributed by atoms with E-state index in [0.717, 1.165) is 29.8 Å². The summed E-state index contributed by atoms with van der Waals surface area (Å²) in [6.45, 7) is 5.56. The number of piperidine rings is 1. The first-order chi connectivity index (χ1) is 7.78. The van der Waals surface area contributed by atoms with E-state index >= 15 is 0 Å². The maximum absolute atomic E-state index is 4.41. The molecule has 1 N–H and O–H groups in total. The Kier molecular flexibility index (Phi) is 4.12. The van der Waals surface area contributed by atoms with Gasteiger partial charge in [-0.15, -0.1) is 0 Å². The lowest BCUT2D eigenvalue weighted by Crippen LogP contribution is -2.35. The van der Waals surface area contributed by atoms with Gasteiger partial charge in [0.1, 0.15) is 5.82 Å². The Morgan fingerprint density at radius 3 is 3.12 bits per heavy atom. The van der Waals surface area contributed by atoms with Crippen LogP contribution in [0.1, 0.15) is 25.6 Å². The molecule has 16 heavy (non-hydrogen) atoms. The molecule has 2 heterocycles. The first-order valence-corrected chi connectivity index (χ1v) is 6.80. The van der Waals surface area contributed by atoms with Crippen molar-refractivity contribution in [2.75, 3.05) is 32.0 Å². The van der Waals surface area contributed by atoms with Gasteiger partial charge in [-0.3, -0.25) is 0 Å². The fourth-order valence-corrected chi connectivity index (χ4v) is 2.80. The van der Waals surface area contributed by atoms with Crippen molar-refractivity contribution in [3.05, 3.63) is 5.82 Å². The summed E-state index contributed by atoms with van der Waals surface area (Å²) in [5.41, 5.74) is 0. The van der Waals surface area contributed by atoms with E-state index in [2.05, 4.69) is 33.5 Å². The minimum atomic E-state index is 0.757. The van der Waals surface area contributed by atoms with Gasteiger partial charge >= 0.3 is 0 Å². The molecule has 0 aliphatic carbocycles. The predicted octanol–water partition coefficient (Wildman–Crippen LogP) is 1.85. The summed E-state index contributed by atoms with van der Waals surface area (Å²) in [7, 11) is 2.20. The maximum Gasteiger partial charge on any atom is 0.202 e. The first kappa shape index (κ1) is 11.8. The molecule has 1 aliphatic heterocycles. The molecule has 5 heteroatoms. The molecule has 0 saturated carbocycles. The Morgan fingerprint density at radius 1 is 1.56 bits per heavy atom. The van der Waals surface area contributed by atoms with Crippen molar-refractivity contribution in [1.29, 1.82) is 0 Å². The van der Waals surface area contributed by atoms with Crippen molar-refractivity contribution in [3.63, 3.8) is 0 Å². The molecule has 1 aromatic rings. The van der Waals surface area contributed by atoms with Crippen LogP contribution in [0.15, 0.2) is 0 Å². The predicted molar refractivity (Wildman–Crippen MR) is 68.0 cm³/mol. The number of nitrogens with zero attached hydrogens (tertiary/aromatic N) is 3. The van der Waals surface area contributed by atoms with E-state index in [1.807, 2.05) is 0 Å². The van der Waals surface area contributed by atoms with Crippen LogP contribution in [-0.2, 0) is 6.42 Å². The minimum absolute atomic E-state index is 0.757. The molecular formula is C11H20N4S. The number of anilines is 1. The summed E-state index contributed by atoms with van der Waals surface area (Å²) in [4.78, 5) is 6.82. The lowest BCUT2D eigenvalue weighted by atomic mass is 9.99. The normalized spacial score (nSPS) is 22.2. The van der Waals surface area contributed by atoms with E-state index in [1.54, 1.807) is 0 Å². The van der Waals surface area contributed by atoms with Crippen LogP contribution in [0.2, 0.25) is 0 Å². The summed E-state index contributed by atoms with van der Waals surface area (Å²) in [6, 6.07) is 0. The van der Waals surface area contributed by atoms with E-state index in [4.69, 9.17) is 0 Å². The SMILES string of the molecule is CCc1nsc(NCC2CCCN(C)C2)n1. The van der Waals surface area contributed by atoms with E-state index in [-0.39, 0.29) is 0 Å². The van der Waals surface area contributed by atoms with Gasteiger partial charge in [-0.25, -0.2) is 4.98 Å². The van der Waals surface area contributed by atoms with Crippen molar-refractivity contribution in [1.82, 2.24) is 14.3 Å². The van der Waals surface area contributed by atoms with Crippen LogP contribution in [0, 0.1) is 5.92 Å². The molecule has 0 aromatic carbocycles. The molecule has 1 unspecified atom stereocenters. The number of nitrogens with one attached hydrogen (secondary N) is 1. The molecule has 1 aliphatic rings. The summed E-state index contributed by atoms with van der Waals surface area (Å²) >= 11 is 1.48. The van der Waals surface area contributed by atoms with Crippen LogP contribution in [0.5, 0.6) is 0 Å². The van der Waals surface area contributed by atoms with Crippen LogP contribution in [0.25, 0.3) is 0 Å². The highest BCUT2D eigenvalue weighted by Crippen LogP contribution is 2.17. The minimum Gasteiger partial charge on any atom is -0.360 e. The third-order valence-electron chi connectivity index (χ3n) is 3.05. The molecule has 2 rings (SSSR count). The van der Waals surface area contributed by atoms with E-state index < -0.39 is 0 Å². The topological polar surface area (TPSA) is 41.1 Å². The van der Waals surface area contributed by atoms with Crippen LogP contribution in [0.3, 0.4) is 0 Å². The molecule has 1 fully saturated rings. The highest BCUT2D eigenvalue weighted by Gasteiger charge is 2.17. The van der Waals surface area contributed by atoms with Gasteiger partial charge in [-0.1, -0.05) is 6.92 Å². The highest BCUT2D eigenvalue weighted by atomic mass is 32.1. The van der Waals surface area contributed by atoms with E-state index in [9.17, 15) is 0 Å². The van der Waals surface area contributed by atoms with Crippen molar-refractivity contribution in [2.45, 2.75) is 26.2 Å². The molecular weight excluding hydrogens is 220 g/mol. The molecule has 1 atom stereocenters. The van der Waals surface area contributed by atoms with Crippen molar-refractivity contribution < 1.29 is 0 Å². The average molecular weight is 240 g/mol. The van der Waals surface area contributed by atoms with E-state index in [1.165, 1.54) is 37.5 Å². The Labute approximate surface area is 101 Å². The third kappa shape index (κ3) is 3.15. The van der Waals surface area contributed by atoms with Gasteiger partial charge in [0.25, 0.3) is 0 Å². The van der Waals surface area contributed by atoms with Gasteiger partial charge < -0.3 is 10.2 Å². The van der Waals surface area contributed by atoms with Crippen molar-refractivity contribution in [3.8, 4) is 0 Å². The number of rotatable bonds is 4. The van der Waals surface area contributed by atoms with Crippen LogP contribution < -0.4 is 5.32 Å². The van der Waals surface area contributed by atoms with Crippen LogP contribution in [0.4, 0.5) is 5.13 Å². The highest BCUT2D eigenvalue weighted by molar-refractivity contribution is 7.09. The summed E-state index contributed by atoms with van der Waals surface area (Å²) in [6.07, 6.45) is 3.57. The molecule has 90 valence electrons. The molecule has 0 radical (unpaired) electrons. The lowest BCUT2D eigenvalue weighted by Gasteiger charge is -2.29. The molecule has 0 bridgehead atoms. The Balaban J connectivity index is 1.78. The van der Waals surface area contributed by atoms with Gasteiger partial charge in [0.15, 0.2) is 0 Å². The Morgan fingerprint density at radius 2 is 2.44 bits per heavy atom. The second-order valence-electron chi connectivity index (χ2n) is 4.52. The fourth-order valence-electron chi connectivity index (χ4n) is 2.14. The average Bonchev–Trinajstić information content (AvgIpc) is 2.74. The number of likely N-dealkylation sites (tertiary alicyclic amines) is 1. The fraction of sp³-hybridized carbons (Fsp3) is 0.818. The number of aryl methyl sites for hydroxylation is 1. The zero-order chi connectivity index (χ0) is 11.4. The molecule has 0 amide bonds. The number of hydrogen-bond donors (Lipinski definition) is 1. The zero-order valence-corrected chi connectivity index (χ0v) is 10.9. The molecule has 1 saturated heterocycles. The molecule has 1 aromatic heterocycles. The Bertz CT molecular complexity index is 326. The van der Waals surface area contributed by atoms with Gasteiger partial charge in [0.2, 0.25) is 5.13 Å². The van der Waals surface area contributed by atoms with Gasteiger partial charge in [-0.2, -0.15) is 4.37 Å². The standard InChI is InChI=1S/C11H20N4S/c1-3-10-13-11(16-14-10)12-7-9-5-4-6-15(2)8-9/h9H,3-8H2,1-2H3,(H,12,13,14).